The lowest BCUT2D eigenvalue weighted by Crippen LogP contribution is -2.52. The van der Waals surface area contributed by atoms with Gasteiger partial charge in [0.1, 0.15) is 30.0 Å². The Balaban J connectivity index is 1.48. The Labute approximate surface area is 260 Å². The second-order valence-electron chi connectivity index (χ2n) is 12.2. The number of methoxy groups -OCH3 is 1. The first-order valence-corrected chi connectivity index (χ1v) is 15.4. The first kappa shape index (κ1) is 32.6. The van der Waals surface area contributed by atoms with Gasteiger partial charge >= 0.3 is 12.1 Å². The van der Waals surface area contributed by atoms with E-state index in [9.17, 15) is 14.4 Å². The summed E-state index contributed by atoms with van der Waals surface area (Å²) in [6.07, 6.45) is 2.59. The third kappa shape index (κ3) is 8.62. The van der Waals surface area contributed by atoms with Gasteiger partial charge in [-0.3, -0.25) is 4.79 Å². The van der Waals surface area contributed by atoms with Crippen molar-refractivity contribution >= 4 is 18.0 Å². The van der Waals surface area contributed by atoms with Crippen molar-refractivity contribution in [3.63, 3.8) is 0 Å². The van der Waals surface area contributed by atoms with Crippen LogP contribution in [0.2, 0.25) is 0 Å². The van der Waals surface area contributed by atoms with Crippen LogP contribution in [-0.2, 0) is 25.5 Å². The van der Waals surface area contributed by atoms with E-state index in [0.29, 0.717) is 12.2 Å². The molecule has 3 aromatic carbocycles. The average Bonchev–Trinajstić information content (AvgIpc) is 3.32. The molecule has 0 fully saturated rings. The minimum atomic E-state index is -0.988. The molecular weight excluding hydrogens is 556 g/mol. The Bertz CT molecular complexity index is 1380. The molecule has 3 aromatic rings. The zero-order valence-corrected chi connectivity index (χ0v) is 26.4. The van der Waals surface area contributed by atoms with Gasteiger partial charge in [-0.15, -0.1) is 0 Å². The largest absolute Gasteiger partial charge is 0.488 e. The third-order valence-corrected chi connectivity index (χ3v) is 7.64. The highest BCUT2D eigenvalue weighted by Crippen LogP contribution is 2.44. The molecule has 0 spiro atoms. The fraction of sp³-hybridized carbons (Fsp3) is 0.417. The normalized spacial score (nSPS) is 13.7. The monoisotopic (exact) mass is 600 g/mol. The number of benzene rings is 3. The fourth-order valence-corrected chi connectivity index (χ4v) is 5.54. The van der Waals surface area contributed by atoms with Crippen LogP contribution in [0.15, 0.2) is 72.8 Å². The number of nitrogens with one attached hydrogen (secondary N) is 2. The average molecular weight is 601 g/mol. The van der Waals surface area contributed by atoms with E-state index in [4.69, 9.17) is 14.2 Å². The standard InChI is InChI=1S/C36H44N2O6/c1-6-7-8-17-31(34(40)42-5)37-33(39)32(22-24-18-20-25(21-19-24)44-36(2,3)4)38-35(41)43-23-30-28-15-11-9-13-26(28)27-14-10-12-16-29(27)30/h9-16,18-21,30-32H,6-8,17,22-23H2,1-5H3,(H,37,39)(H,38,41)/t31?,32-/m0/s1. The molecule has 234 valence electrons. The van der Waals surface area contributed by atoms with Crippen molar-refractivity contribution in [2.45, 2.75) is 83.4 Å². The molecule has 2 N–H and O–H groups in total. The molecule has 0 bridgehead atoms. The maximum absolute atomic E-state index is 13.6. The van der Waals surface area contributed by atoms with Gasteiger partial charge in [-0.1, -0.05) is 86.8 Å². The van der Waals surface area contributed by atoms with E-state index < -0.39 is 30.1 Å². The van der Waals surface area contributed by atoms with Crippen molar-refractivity contribution in [1.82, 2.24) is 10.6 Å². The summed E-state index contributed by atoms with van der Waals surface area (Å²) in [5.41, 5.74) is 4.92. The smallest absolute Gasteiger partial charge is 0.407 e. The highest BCUT2D eigenvalue weighted by Gasteiger charge is 2.31. The van der Waals surface area contributed by atoms with Crippen molar-refractivity contribution < 1.29 is 28.6 Å². The minimum Gasteiger partial charge on any atom is -0.488 e. The van der Waals surface area contributed by atoms with E-state index >= 15 is 0 Å². The van der Waals surface area contributed by atoms with Crippen LogP contribution in [0.1, 0.15) is 76.0 Å². The number of hydrogen-bond donors (Lipinski definition) is 2. The predicted molar refractivity (Wildman–Crippen MR) is 171 cm³/mol. The second kappa shape index (κ2) is 14.9. The summed E-state index contributed by atoms with van der Waals surface area (Å²) in [4.78, 5) is 39.3. The van der Waals surface area contributed by atoms with Crippen LogP contribution < -0.4 is 15.4 Å². The molecule has 2 amide bonds. The summed E-state index contributed by atoms with van der Waals surface area (Å²) < 4.78 is 16.6. The summed E-state index contributed by atoms with van der Waals surface area (Å²) in [7, 11) is 1.30. The van der Waals surface area contributed by atoms with Crippen molar-refractivity contribution in [2.75, 3.05) is 13.7 Å². The van der Waals surface area contributed by atoms with Gasteiger partial charge in [-0.25, -0.2) is 9.59 Å². The quantitative estimate of drug-likeness (QED) is 0.170. The van der Waals surface area contributed by atoms with Crippen molar-refractivity contribution in [3.05, 3.63) is 89.5 Å². The number of alkyl carbamates (subject to hydrolysis) is 1. The van der Waals surface area contributed by atoms with Crippen molar-refractivity contribution in [1.29, 1.82) is 0 Å². The second-order valence-corrected chi connectivity index (χ2v) is 12.2. The Hall–Kier alpha value is -4.33. The molecule has 2 atom stereocenters. The van der Waals surface area contributed by atoms with E-state index in [1.54, 1.807) is 0 Å². The molecule has 1 aliphatic carbocycles. The highest BCUT2D eigenvalue weighted by molar-refractivity contribution is 5.90. The van der Waals surface area contributed by atoms with E-state index in [-0.39, 0.29) is 24.5 Å². The number of rotatable bonds is 13. The summed E-state index contributed by atoms with van der Waals surface area (Å²) in [6.45, 7) is 8.10. The van der Waals surface area contributed by atoms with Crippen LogP contribution in [0.3, 0.4) is 0 Å². The number of ether oxygens (including phenoxy) is 3. The number of carbonyl (C=O) groups is 3. The molecule has 8 nitrogen and oxygen atoms in total. The highest BCUT2D eigenvalue weighted by atomic mass is 16.5. The topological polar surface area (TPSA) is 103 Å². The number of unbranched alkanes of at least 4 members (excludes halogenated alkanes) is 2. The summed E-state index contributed by atoms with van der Waals surface area (Å²) >= 11 is 0. The van der Waals surface area contributed by atoms with Crippen LogP contribution >= 0.6 is 0 Å². The lowest BCUT2D eigenvalue weighted by atomic mass is 9.98. The number of carbonyl (C=O) groups excluding carboxylic acids is 3. The van der Waals surface area contributed by atoms with E-state index in [1.807, 2.05) is 69.3 Å². The van der Waals surface area contributed by atoms with Gasteiger partial charge in [0, 0.05) is 12.3 Å². The molecule has 1 unspecified atom stereocenters. The molecule has 0 saturated carbocycles. The summed E-state index contributed by atoms with van der Waals surface area (Å²) in [6, 6.07) is 21.8. The van der Waals surface area contributed by atoms with E-state index in [0.717, 1.165) is 47.1 Å². The molecule has 0 aliphatic heterocycles. The van der Waals surface area contributed by atoms with E-state index in [2.05, 4.69) is 41.8 Å². The van der Waals surface area contributed by atoms with Gasteiger partial charge in [-0.05, 0) is 67.1 Å². The minimum absolute atomic E-state index is 0.113. The van der Waals surface area contributed by atoms with Crippen LogP contribution in [-0.4, -0.2) is 49.4 Å². The maximum atomic E-state index is 13.6. The van der Waals surface area contributed by atoms with Gasteiger partial charge in [0.25, 0.3) is 0 Å². The van der Waals surface area contributed by atoms with Gasteiger partial charge < -0.3 is 24.8 Å². The zero-order valence-electron chi connectivity index (χ0n) is 26.4. The summed E-state index contributed by atoms with van der Waals surface area (Å²) in [5.74, 6) is -0.412. The number of fused-ring (bicyclic) bond motifs is 3. The SMILES string of the molecule is CCCCCC(NC(=O)[C@H](Cc1ccc(OC(C)(C)C)cc1)NC(=O)OCC1c2ccccc2-c2ccccc21)C(=O)OC. The molecule has 44 heavy (non-hydrogen) atoms. The molecule has 0 radical (unpaired) electrons. The zero-order chi connectivity index (χ0) is 31.7. The number of amides is 2. The Kier molecular flexibility index (Phi) is 11.0. The van der Waals surface area contributed by atoms with Crippen molar-refractivity contribution in [3.8, 4) is 16.9 Å². The lowest BCUT2D eigenvalue weighted by Gasteiger charge is -2.23. The Morgan fingerprint density at radius 2 is 1.43 bits per heavy atom. The lowest BCUT2D eigenvalue weighted by molar-refractivity contribution is -0.145. The number of hydrogen-bond acceptors (Lipinski definition) is 6. The van der Waals surface area contributed by atoms with Crippen LogP contribution in [0, 0.1) is 0 Å². The Morgan fingerprint density at radius 1 is 0.818 bits per heavy atom. The molecule has 0 heterocycles. The van der Waals surface area contributed by atoms with Crippen LogP contribution in [0.25, 0.3) is 11.1 Å². The molecule has 0 saturated heterocycles. The third-order valence-electron chi connectivity index (χ3n) is 7.64. The summed E-state index contributed by atoms with van der Waals surface area (Å²) in [5, 5.41) is 5.57. The molecule has 0 aromatic heterocycles. The predicted octanol–water partition coefficient (Wildman–Crippen LogP) is 6.55. The van der Waals surface area contributed by atoms with Gasteiger partial charge in [0.15, 0.2) is 0 Å². The maximum Gasteiger partial charge on any atom is 0.407 e. The fourth-order valence-electron chi connectivity index (χ4n) is 5.54. The number of esters is 1. The van der Waals surface area contributed by atoms with Crippen LogP contribution in [0.5, 0.6) is 5.75 Å². The molecule has 4 rings (SSSR count). The van der Waals surface area contributed by atoms with Gasteiger partial charge in [-0.2, -0.15) is 0 Å². The Morgan fingerprint density at radius 3 is 2.00 bits per heavy atom. The van der Waals surface area contributed by atoms with E-state index in [1.165, 1.54) is 7.11 Å². The molecule has 1 aliphatic rings. The molecular formula is C36H44N2O6. The van der Waals surface area contributed by atoms with Gasteiger partial charge in [0.2, 0.25) is 5.91 Å². The first-order chi connectivity index (χ1) is 21.1. The van der Waals surface area contributed by atoms with Gasteiger partial charge in [0.05, 0.1) is 7.11 Å². The first-order valence-electron chi connectivity index (χ1n) is 15.4. The van der Waals surface area contributed by atoms with Crippen molar-refractivity contribution in [2.24, 2.45) is 0 Å². The van der Waals surface area contributed by atoms with Crippen LogP contribution in [0.4, 0.5) is 4.79 Å². The molecule has 8 heteroatoms.